The SMILES string of the molecule is CC(CF)COc1ccc(Cl)cc1Cn1ncc2c(C(=O)[O-])cccc21.[Na+]. The first-order valence-corrected chi connectivity index (χ1v) is 8.50. The van der Waals surface area contributed by atoms with Crippen LogP contribution in [0.1, 0.15) is 22.8 Å². The molecular weight excluding hydrogens is 382 g/mol. The van der Waals surface area contributed by atoms with Crippen LogP contribution in [0.25, 0.3) is 10.9 Å². The van der Waals surface area contributed by atoms with Gasteiger partial charge in [-0.1, -0.05) is 30.7 Å². The number of carbonyl (C=O) groups is 1. The molecule has 0 bridgehead atoms. The van der Waals surface area contributed by atoms with E-state index in [-0.39, 0.29) is 47.6 Å². The average molecular weight is 399 g/mol. The van der Waals surface area contributed by atoms with Crippen LogP contribution in [0.3, 0.4) is 0 Å². The molecule has 0 amide bonds. The standard InChI is InChI=1S/C19H18ClFN2O3.Na/c1-12(8-21)11-26-18-6-5-14(20)7-13(18)10-23-17-4-2-3-15(19(24)25)16(17)9-22-23;/h2-7,9,12H,8,10-11H2,1H3,(H,24,25);/q;+1/p-1. The second kappa shape index (κ2) is 9.55. The van der Waals surface area contributed by atoms with Crippen LogP contribution in [-0.4, -0.2) is 29.0 Å². The van der Waals surface area contributed by atoms with Gasteiger partial charge in [0, 0.05) is 27.5 Å². The van der Waals surface area contributed by atoms with Crippen LogP contribution in [-0.2, 0) is 6.54 Å². The minimum atomic E-state index is -1.25. The molecule has 1 heterocycles. The maximum absolute atomic E-state index is 12.7. The number of ether oxygens (including phenoxy) is 1. The number of hydrogen-bond donors (Lipinski definition) is 0. The van der Waals surface area contributed by atoms with Gasteiger partial charge in [0.25, 0.3) is 0 Å². The van der Waals surface area contributed by atoms with E-state index in [1.165, 1.54) is 12.3 Å². The van der Waals surface area contributed by atoms with Gasteiger partial charge in [0.2, 0.25) is 0 Å². The number of halogens is 2. The van der Waals surface area contributed by atoms with E-state index in [1.54, 1.807) is 41.9 Å². The summed E-state index contributed by atoms with van der Waals surface area (Å²) in [7, 11) is 0. The molecule has 5 nitrogen and oxygen atoms in total. The van der Waals surface area contributed by atoms with Gasteiger partial charge in [-0.05, 0) is 24.3 Å². The Morgan fingerprint density at radius 1 is 1.37 bits per heavy atom. The number of alkyl halides is 1. The second-order valence-electron chi connectivity index (χ2n) is 6.15. The smallest absolute Gasteiger partial charge is 0.545 e. The number of benzene rings is 2. The number of carboxylic acids is 1. The molecule has 0 saturated carbocycles. The number of carbonyl (C=O) groups excluding carboxylic acids is 1. The van der Waals surface area contributed by atoms with Crippen LogP contribution < -0.4 is 39.4 Å². The zero-order valence-corrected chi connectivity index (χ0v) is 17.9. The van der Waals surface area contributed by atoms with Gasteiger partial charge in [0.05, 0.1) is 37.5 Å². The maximum Gasteiger partial charge on any atom is 1.00 e. The van der Waals surface area contributed by atoms with Gasteiger partial charge in [0.15, 0.2) is 0 Å². The van der Waals surface area contributed by atoms with Crippen molar-refractivity contribution in [2.45, 2.75) is 13.5 Å². The number of carboxylic acid groups (broad SMARTS) is 1. The predicted molar refractivity (Wildman–Crippen MR) is 95.3 cm³/mol. The van der Waals surface area contributed by atoms with Crippen molar-refractivity contribution in [3.05, 3.63) is 58.7 Å². The third-order valence-electron chi connectivity index (χ3n) is 4.04. The molecule has 2 aromatic carbocycles. The number of hydrogen-bond acceptors (Lipinski definition) is 4. The van der Waals surface area contributed by atoms with Gasteiger partial charge in [-0.15, -0.1) is 0 Å². The fraction of sp³-hybridized carbons (Fsp3) is 0.263. The Balaban J connectivity index is 0.00000261. The Morgan fingerprint density at radius 2 is 2.15 bits per heavy atom. The molecule has 0 aliphatic heterocycles. The number of fused-ring (bicyclic) bond motifs is 1. The zero-order valence-electron chi connectivity index (χ0n) is 15.1. The van der Waals surface area contributed by atoms with Crippen molar-refractivity contribution in [2.24, 2.45) is 5.92 Å². The average Bonchev–Trinajstić information content (AvgIpc) is 3.03. The summed E-state index contributed by atoms with van der Waals surface area (Å²) in [5.74, 6) is -0.869. The topological polar surface area (TPSA) is 67.2 Å². The molecule has 0 N–H and O–H groups in total. The van der Waals surface area contributed by atoms with Crippen LogP contribution in [0.4, 0.5) is 4.39 Å². The summed E-state index contributed by atoms with van der Waals surface area (Å²) in [5, 5.41) is 16.6. The monoisotopic (exact) mass is 398 g/mol. The molecule has 136 valence electrons. The van der Waals surface area contributed by atoms with Crippen molar-refractivity contribution in [1.29, 1.82) is 0 Å². The Kier molecular flexibility index (Phi) is 7.68. The molecule has 3 rings (SSSR count). The number of rotatable bonds is 7. The molecule has 1 aromatic heterocycles. The third-order valence-corrected chi connectivity index (χ3v) is 4.27. The van der Waals surface area contributed by atoms with Crippen molar-refractivity contribution < 1.29 is 48.6 Å². The normalized spacial score (nSPS) is 11.8. The Hall–Kier alpha value is -1.60. The molecule has 1 atom stereocenters. The molecular formula is C19H17ClFN2NaO3. The Morgan fingerprint density at radius 3 is 2.85 bits per heavy atom. The van der Waals surface area contributed by atoms with E-state index in [9.17, 15) is 14.3 Å². The molecule has 0 saturated heterocycles. The Bertz CT molecular complexity index is 948. The summed E-state index contributed by atoms with van der Waals surface area (Å²) < 4.78 is 20.1. The van der Waals surface area contributed by atoms with Gasteiger partial charge in [-0.3, -0.25) is 9.07 Å². The van der Waals surface area contributed by atoms with Crippen LogP contribution >= 0.6 is 11.6 Å². The number of aromatic carboxylic acids is 1. The summed E-state index contributed by atoms with van der Waals surface area (Å²) in [5.41, 5.74) is 1.52. The first-order chi connectivity index (χ1) is 12.5. The third kappa shape index (κ3) is 5.02. The van der Waals surface area contributed by atoms with Crippen LogP contribution in [0.15, 0.2) is 42.6 Å². The number of aromatic nitrogens is 2. The molecule has 0 fully saturated rings. The van der Waals surface area contributed by atoms with Crippen molar-refractivity contribution >= 4 is 28.5 Å². The molecule has 27 heavy (non-hydrogen) atoms. The van der Waals surface area contributed by atoms with Gasteiger partial charge >= 0.3 is 29.6 Å². The van der Waals surface area contributed by atoms with Crippen molar-refractivity contribution in [2.75, 3.05) is 13.3 Å². The molecule has 3 aromatic rings. The first-order valence-electron chi connectivity index (χ1n) is 8.12. The van der Waals surface area contributed by atoms with E-state index in [1.807, 2.05) is 0 Å². The summed E-state index contributed by atoms with van der Waals surface area (Å²) >= 11 is 6.10. The summed E-state index contributed by atoms with van der Waals surface area (Å²) in [6.07, 6.45) is 1.50. The Labute approximate surface area is 183 Å². The quantitative estimate of drug-likeness (QED) is 0.529. The summed E-state index contributed by atoms with van der Waals surface area (Å²) in [6, 6.07) is 10.1. The van der Waals surface area contributed by atoms with Crippen molar-refractivity contribution in [1.82, 2.24) is 9.78 Å². The van der Waals surface area contributed by atoms with E-state index < -0.39 is 12.6 Å². The van der Waals surface area contributed by atoms with Crippen LogP contribution in [0, 0.1) is 5.92 Å². The van der Waals surface area contributed by atoms with E-state index in [0.29, 0.717) is 28.2 Å². The molecule has 0 aliphatic carbocycles. The predicted octanol–water partition coefficient (Wildman–Crippen LogP) is 0.0899. The molecule has 0 aliphatic rings. The van der Waals surface area contributed by atoms with Crippen LogP contribution in [0.2, 0.25) is 5.02 Å². The van der Waals surface area contributed by atoms with Gasteiger partial charge < -0.3 is 14.6 Å². The zero-order chi connectivity index (χ0) is 18.7. The van der Waals surface area contributed by atoms with Gasteiger partial charge in [0.1, 0.15) is 5.75 Å². The molecule has 0 radical (unpaired) electrons. The molecule has 8 heteroatoms. The minimum Gasteiger partial charge on any atom is -0.545 e. The van der Waals surface area contributed by atoms with Crippen LogP contribution in [0.5, 0.6) is 5.75 Å². The van der Waals surface area contributed by atoms with E-state index in [0.717, 1.165) is 5.56 Å². The van der Waals surface area contributed by atoms with E-state index >= 15 is 0 Å². The molecule has 0 spiro atoms. The van der Waals surface area contributed by atoms with E-state index in [2.05, 4.69) is 5.10 Å². The fourth-order valence-corrected chi connectivity index (χ4v) is 2.85. The maximum atomic E-state index is 12.7. The molecule has 1 unspecified atom stereocenters. The second-order valence-corrected chi connectivity index (χ2v) is 6.59. The minimum absolute atomic E-state index is 0. The van der Waals surface area contributed by atoms with E-state index in [4.69, 9.17) is 16.3 Å². The van der Waals surface area contributed by atoms with Crippen molar-refractivity contribution in [3.8, 4) is 5.75 Å². The summed E-state index contributed by atoms with van der Waals surface area (Å²) in [4.78, 5) is 11.2. The van der Waals surface area contributed by atoms with Gasteiger partial charge in [-0.2, -0.15) is 5.10 Å². The van der Waals surface area contributed by atoms with Crippen molar-refractivity contribution in [3.63, 3.8) is 0 Å². The number of nitrogens with zero attached hydrogens (tertiary/aromatic N) is 2. The van der Waals surface area contributed by atoms with Gasteiger partial charge in [-0.25, -0.2) is 0 Å². The summed E-state index contributed by atoms with van der Waals surface area (Å²) in [6.45, 7) is 1.89. The largest absolute Gasteiger partial charge is 1.00 e. The fourth-order valence-electron chi connectivity index (χ4n) is 2.66. The first kappa shape index (κ1) is 21.7.